The van der Waals surface area contributed by atoms with Gasteiger partial charge in [-0.2, -0.15) is 0 Å². The molecule has 0 spiro atoms. The number of guanidine groups is 1. The van der Waals surface area contributed by atoms with Crippen molar-refractivity contribution in [1.29, 1.82) is 0 Å². The Kier molecular flexibility index (Phi) is 7.76. The quantitative estimate of drug-likeness (QED) is 0.526. The van der Waals surface area contributed by atoms with Gasteiger partial charge in [-0.15, -0.1) is 0 Å². The maximum Gasteiger partial charge on any atom is 0.221 e. The number of carbonyl (C=O) groups is 1. The van der Waals surface area contributed by atoms with Gasteiger partial charge in [0.25, 0.3) is 0 Å². The van der Waals surface area contributed by atoms with Crippen LogP contribution >= 0.6 is 0 Å². The predicted molar refractivity (Wildman–Crippen MR) is 104 cm³/mol. The van der Waals surface area contributed by atoms with E-state index in [1.807, 2.05) is 6.92 Å². The molecule has 0 unspecified atom stereocenters. The van der Waals surface area contributed by atoms with Crippen molar-refractivity contribution < 1.29 is 4.79 Å². The molecule has 5 heteroatoms. The van der Waals surface area contributed by atoms with Crippen molar-refractivity contribution in [2.24, 2.45) is 4.99 Å². The summed E-state index contributed by atoms with van der Waals surface area (Å²) < 4.78 is 0. The lowest BCUT2D eigenvalue weighted by Gasteiger charge is -2.14. The van der Waals surface area contributed by atoms with Crippen molar-refractivity contribution in [1.82, 2.24) is 16.0 Å². The highest BCUT2D eigenvalue weighted by molar-refractivity contribution is 5.81. The molecule has 1 amide bonds. The number of nitrogens with zero attached hydrogens (tertiary/aromatic N) is 1. The molecule has 1 fully saturated rings. The van der Waals surface area contributed by atoms with Gasteiger partial charge < -0.3 is 16.0 Å². The Hall–Kier alpha value is -2.04. The summed E-state index contributed by atoms with van der Waals surface area (Å²) in [5, 5.41) is 9.61. The van der Waals surface area contributed by atoms with Crippen LogP contribution < -0.4 is 16.0 Å². The fourth-order valence-corrected chi connectivity index (χ4v) is 3.19. The van der Waals surface area contributed by atoms with Gasteiger partial charge in [0, 0.05) is 25.6 Å². The Balaban J connectivity index is 1.79. The van der Waals surface area contributed by atoms with Crippen LogP contribution in [0.15, 0.2) is 23.2 Å². The Morgan fingerprint density at radius 2 is 1.96 bits per heavy atom. The molecule has 1 saturated carbocycles. The molecule has 5 nitrogen and oxygen atoms in total. The van der Waals surface area contributed by atoms with Crippen LogP contribution in [0, 0.1) is 13.8 Å². The van der Waals surface area contributed by atoms with Crippen LogP contribution in [-0.4, -0.2) is 31.0 Å². The average Bonchev–Trinajstić information content (AvgIpc) is 3.06. The van der Waals surface area contributed by atoms with Crippen molar-refractivity contribution in [3.63, 3.8) is 0 Å². The van der Waals surface area contributed by atoms with Crippen LogP contribution in [0.1, 0.15) is 55.7 Å². The lowest BCUT2D eigenvalue weighted by Crippen LogP contribution is -2.40. The van der Waals surface area contributed by atoms with Crippen LogP contribution in [0.25, 0.3) is 0 Å². The minimum atomic E-state index is 0.129. The van der Waals surface area contributed by atoms with E-state index in [0.717, 1.165) is 25.3 Å². The summed E-state index contributed by atoms with van der Waals surface area (Å²) >= 11 is 0. The first-order valence-electron chi connectivity index (χ1n) is 9.46. The van der Waals surface area contributed by atoms with Crippen molar-refractivity contribution in [2.45, 2.75) is 65.5 Å². The third-order valence-electron chi connectivity index (χ3n) is 4.61. The van der Waals surface area contributed by atoms with E-state index in [4.69, 9.17) is 0 Å². The second-order valence-electron chi connectivity index (χ2n) is 6.85. The fourth-order valence-electron chi connectivity index (χ4n) is 3.19. The van der Waals surface area contributed by atoms with Crippen molar-refractivity contribution >= 4 is 11.9 Å². The van der Waals surface area contributed by atoms with Gasteiger partial charge in [0.05, 0.1) is 6.54 Å². The summed E-state index contributed by atoms with van der Waals surface area (Å²) in [6.07, 6.45) is 5.19. The van der Waals surface area contributed by atoms with Gasteiger partial charge in [-0.25, -0.2) is 4.99 Å². The lowest BCUT2D eigenvalue weighted by atomic mass is 10.1. The normalized spacial score (nSPS) is 15.2. The molecule has 0 radical (unpaired) electrons. The number of carbonyl (C=O) groups excluding carboxylic acids is 1. The Bertz CT molecular complexity index is 591. The predicted octanol–water partition coefficient (Wildman–Crippen LogP) is 2.81. The van der Waals surface area contributed by atoms with E-state index in [0.29, 0.717) is 25.6 Å². The third-order valence-corrected chi connectivity index (χ3v) is 4.61. The van der Waals surface area contributed by atoms with Crippen LogP contribution in [0.5, 0.6) is 0 Å². The largest absolute Gasteiger partial charge is 0.357 e. The van der Waals surface area contributed by atoms with Crippen LogP contribution in [0.4, 0.5) is 0 Å². The molecule has 0 bridgehead atoms. The first-order chi connectivity index (χ1) is 12.1. The van der Waals surface area contributed by atoms with Gasteiger partial charge in [0.2, 0.25) is 5.91 Å². The summed E-state index contributed by atoms with van der Waals surface area (Å²) in [6, 6.07) is 6.82. The molecule has 0 atom stereocenters. The Labute approximate surface area is 151 Å². The van der Waals surface area contributed by atoms with E-state index < -0.39 is 0 Å². The van der Waals surface area contributed by atoms with Gasteiger partial charge in [-0.05, 0) is 44.7 Å². The smallest absolute Gasteiger partial charge is 0.221 e. The number of amides is 1. The van der Waals surface area contributed by atoms with Gasteiger partial charge in [0.1, 0.15) is 0 Å². The van der Waals surface area contributed by atoms with Gasteiger partial charge in [-0.1, -0.05) is 36.6 Å². The monoisotopic (exact) mass is 344 g/mol. The molecular weight excluding hydrogens is 312 g/mol. The summed E-state index contributed by atoms with van der Waals surface area (Å²) in [6.45, 7) is 8.29. The highest BCUT2D eigenvalue weighted by atomic mass is 16.1. The summed E-state index contributed by atoms with van der Waals surface area (Å²) in [4.78, 5) is 16.6. The second kappa shape index (κ2) is 10.1. The van der Waals surface area contributed by atoms with E-state index in [9.17, 15) is 4.79 Å². The first-order valence-corrected chi connectivity index (χ1v) is 9.46. The average molecular weight is 345 g/mol. The lowest BCUT2D eigenvalue weighted by molar-refractivity contribution is -0.121. The van der Waals surface area contributed by atoms with Crippen LogP contribution in [0.2, 0.25) is 0 Å². The van der Waals surface area contributed by atoms with Gasteiger partial charge in [-0.3, -0.25) is 4.79 Å². The molecule has 0 aromatic heterocycles. The Morgan fingerprint density at radius 3 is 2.64 bits per heavy atom. The van der Waals surface area contributed by atoms with E-state index in [1.54, 1.807) is 0 Å². The molecule has 1 aliphatic rings. The molecule has 3 N–H and O–H groups in total. The summed E-state index contributed by atoms with van der Waals surface area (Å²) in [7, 11) is 0. The van der Waals surface area contributed by atoms with Crippen molar-refractivity contribution in [3.8, 4) is 0 Å². The number of benzene rings is 1. The minimum Gasteiger partial charge on any atom is -0.357 e. The third kappa shape index (κ3) is 6.77. The number of hydrogen-bond acceptors (Lipinski definition) is 2. The molecule has 1 aromatic rings. The molecular formula is C20H32N4O. The van der Waals surface area contributed by atoms with E-state index >= 15 is 0 Å². The number of aryl methyl sites for hydroxylation is 2. The zero-order chi connectivity index (χ0) is 18.1. The van der Waals surface area contributed by atoms with Crippen LogP contribution in [0.3, 0.4) is 0 Å². The number of nitrogens with one attached hydrogen (secondary N) is 3. The number of hydrogen-bond donors (Lipinski definition) is 3. The van der Waals surface area contributed by atoms with Crippen LogP contribution in [-0.2, 0) is 11.3 Å². The number of rotatable bonds is 7. The molecule has 0 saturated heterocycles. The molecule has 2 rings (SSSR count). The molecule has 25 heavy (non-hydrogen) atoms. The van der Waals surface area contributed by atoms with E-state index in [-0.39, 0.29) is 5.91 Å². The second-order valence-corrected chi connectivity index (χ2v) is 6.85. The molecule has 1 aromatic carbocycles. The van der Waals surface area contributed by atoms with Gasteiger partial charge >= 0.3 is 0 Å². The highest BCUT2D eigenvalue weighted by Gasteiger charge is 2.16. The topological polar surface area (TPSA) is 65.5 Å². The maximum atomic E-state index is 12.0. The maximum absolute atomic E-state index is 12.0. The summed E-state index contributed by atoms with van der Waals surface area (Å²) in [5.41, 5.74) is 3.75. The Morgan fingerprint density at radius 1 is 1.20 bits per heavy atom. The van der Waals surface area contributed by atoms with Crippen molar-refractivity contribution in [2.75, 3.05) is 13.1 Å². The first kappa shape index (κ1) is 19.3. The molecule has 1 aliphatic carbocycles. The van der Waals surface area contributed by atoms with E-state index in [2.05, 4.69) is 53.0 Å². The molecule has 0 heterocycles. The minimum absolute atomic E-state index is 0.129. The highest BCUT2D eigenvalue weighted by Crippen LogP contribution is 2.17. The fraction of sp³-hybridized carbons (Fsp3) is 0.600. The SMILES string of the molecule is CCNC(=NCc1ccc(C)cc1C)NCCC(=O)NC1CCCC1. The standard InChI is InChI=1S/C20H32N4O/c1-4-21-20(23-14-17-10-9-15(2)13-16(17)3)22-12-11-19(25)24-18-7-5-6-8-18/h9-10,13,18H,4-8,11-12,14H2,1-3H3,(H,24,25)(H2,21,22,23). The van der Waals surface area contributed by atoms with E-state index in [1.165, 1.54) is 29.5 Å². The van der Waals surface area contributed by atoms with Crippen molar-refractivity contribution in [3.05, 3.63) is 34.9 Å². The number of aliphatic imine (C=N–C) groups is 1. The molecule has 138 valence electrons. The zero-order valence-electron chi connectivity index (χ0n) is 15.8. The molecule has 0 aliphatic heterocycles. The summed E-state index contributed by atoms with van der Waals surface area (Å²) in [5.74, 6) is 0.890. The zero-order valence-corrected chi connectivity index (χ0v) is 15.8. The van der Waals surface area contributed by atoms with Gasteiger partial charge in [0.15, 0.2) is 5.96 Å².